The van der Waals surface area contributed by atoms with Gasteiger partial charge < -0.3 is 20.5 Å². The van der Waals surface area contributed by atoms with E-state index in [1.54, 1.807) is 25.4 Å². The first-order valence-electron chi connectivity index (χ1n) is 14.1. The first-order valence-corrected chi connectivity index (χ1v) is 14.1. The Kier molecular flexibility index (Phi) is 11.0. The van der Waals surface area contributed by atoms with Gasteiger partial charge in [-0.05, 0) is 54.3 Å². The van der Waals surface area contributed by atoms with Crippen LogP contribution in [0.2, 0.25) is 0 Å². The summed E-state index contributed by atoms with van der Waals surface area (Å²) in [7, 11) is 5.45. The molecule has 7 heteroatoms. The van der Waals surface area contributed by atoms with Crippen molar-refractivity contribution >= 4 is 23.1 Å². The highest BCUT2D eigenvalue weighted by molar-refractivity contribution is 6.22. The second kappa shape index (κ2) is 14.7. The van der Waals surface area contributed by atoms with E-state index >= 15 is 0 Å². The molecule has 0 spiro atoms. The fraction of sp³-hybridized carbons (Fsp3) is 0.265. The van der Waals surface area contributed by atoms with Crippen molar-refractivity contribution in [2.75, 3.05) is 19.4 Å². The maximum Gasteiger partial charge on any atom is 0.252 e. The second-order valence-corrected chi connectivity index (χ2v) is 9.42. The second-order valence-electron chi connectivity index (χ2n) is 9.42. The minimum atomic E-state index is -0.139. The average Bonchev–Trinajstić information content (AvgIpc) is 3.46. The molecule has 0 aliphatic rings. The monoisotopic (exact) mass is 551 g/mol. The third-order valence-electron chi connectivity index (χ3n) is 6.94. The molecule has 7 nitrogen and oxygen atoms in total. The summed E-state index contributed by atoms with van der Waals surface area (Å²) in [5.41, 5.74) is 8.03. The van der Waals surface area contributed by atoms with Gasteiger partial charge in [0.25, 0.3) is 11.8 Å². The smallest absolute Gasteiger partial charge is 0.252 e. The van der Waals surface area contributed by atoms with Crippen LogP contribution in [0.15, 0.2) is 84.7 Å². The number of nitrogens with one attached hydrogen (secondary N) is 3. The van der Waals surface area contributed by atoms with Crippen LogP contribution in [0.25, 0.3) is 28.1 Å². The third-order valence-corrected chi connectivity index (χ3v) is 6.94. The lowest BCUT2D eigenvalue weighted by molar-refractivity contribution is -0.115. The average molecular weight is 552 g/mol. The molecule has 1 aromatic heterocycles. The van der Waals surface area contributed by atoms with E-state index < -0.39 is 0 Å². The van der Waals surface area contributed by atoms with Crippen molar-refractivity contribution < 1.29 is 9.59 Å². The van der Waals surface area contributed by atoms with Crippen molar-refractivity contribution in [1.82, 2.24) is 20.2 Å². The zero-order valence-electron chi connectivity index (χ0n) is 25.1. The molecule has 0 bridgehead atoms. The summed E-state index contributed by atoms with van der Waals surface area (Å²) in [4.78, 5) is 29.9. The van der Waals surface area contributed by atoms with Gasteiger partial charge in [0.15, 0.2) is 0 Å². The summed E-state index contributed by atoms with van der Waals surface area (Å²) < 4.78 is 1.99. The Bertz CT molecular complexity index is 1500. The van der Waals surface area contributed by atoms with Crippen molar-refractivity contribution in [1.29, 1.82) is 0 Å². The normalized spacial score (nSPS) is 11.1. The molecule has 214 valence electrons. The quantitative estimate of drug-likeness (QED) is 0.203. The number of imidazole rings is 1. The molecule has 3 aromatic carbocycles. The van der Waals surface area contributed by atoms with Gasteiger partial charge in [0.2, 0.25) is 0 Å². The van der Waals surface area contributed by atoms with Crippen LogP contribution in [0.1, 0.15) is 55.6 Å². The zero-order chi connectivity index (χ0) is 29.9. The van der Waals surface area contributed by atoms with Crippen LogP contribution < -0.4 is 16.0 Å². The van der Waals surface area contributed by atoms with E-state index in [0.717, 1.165) is 51.3 Å². The topological polar surface area (TPSA) is 88.1 Å². The molecule has 1 heterocycles. The predicted octanol–water partition coefficient (Wildman–Crippen LogP) is 6.68. The Morgan fingerprint density at radius 3 is 2.07 bits per heavy atom. The largest absolute Gasteiger partial charge is 0.388 e. The Balaban J connectivity index is 0.00000226. The molecular formula is C34H41N5O2. The molecule has 4 rings (SSSR count). The number of aromatic nitrogens is 2. The van der Waals surface area contributed by atoms with E-state index in [2.05, 4.69) is 64.3 Å². The number of carbonyl (C=O) groups excluding carboxylic acids is 2. The lowest BCUT2D eigenvalue weighted by Gasteiger charge is -2.18. The lowest BCUT2D eigenvalue weighted by Crippen LogP contribution is -2.25. The van der Waals surface area contributed by atoms with Crippen LogP contribution in [0.4, 0.5) is 5.69 Å². The number of hydrogen-bond donors (Lipinski definition) is 3. The standard InChI is InChI=1S/C32H35N5O2.C2H6/c1-6-21(2)29(32(39)36-20-22-7-9-25(10-8-22)31(38)34-4)27-19-26(15-16-28(27)33-3)23-11-13-24(14-12-23)30-35-17-18-37(30)5;1-2/h7-19,33H,6,20H2,1-5H3,(H,34,38)(H,36,39);1-2H3. The number of hydrogen-bond acceptors (Lipinski definition) is 4. The van der Waals surface area contributed by atoms with E-state index in [1.807, 2.05) is 63.8 Å². The first-order chi connectivity index (χ1) is 19.9. The van der Waals surface area contributed by atoms with E-state index in [4.69, 9.17) is 0 Å². The first kappa shape index (κ1) is 30.9. The summed E-state index contributed by atoms with van der Waals surface area (Å²) in [6, 6.07) is 21.7. The maximum absolute atomic E-state index is 13.6. The van der Waals surface area contributed by atoms with Crippen molar-refractivity contribution in [3.8, 4) is 22.5 Å². The number of rotatable bonds is 9. The van der Waals surface area contributed by atoms with Gasteiger partial charge in [0.05, 0.1) is 0 Å². The minimum Gasteiger partial charge on any atom is -0.388 e. The fourth-order valence-electron chi connectivity index (χ4n) is 4.52. The number of allylic oxidation sites excluding steroid dienone is 1. The molecule has 0 saturated heterocycles. The SMILES string of the molecule is CC.CCC(C)=C(C(=O)NCc1ccc(C(=O)NC)cc1)c1cc(-c2ccc(-c3nccn3C)cc2)ccc1NC. The molecular weight excluding hydrogens is 510 g/mol. The molecule has 0 saturated carbocycles. The van der Waals surface area contributed by atoms with E-state index in [9.17, 15) is 9.59 Å². The summed E-state index contributed by atoms with van der Waals surface area (Å²) in [5.74, 6) is 0.639. The summed E-state index contributed by atoms with van der Waals surface area (Å²) in [6.45, 7) is 8.41. The summed E-state index contributed by atoms with van der Waals surface area (Å²) in [5, 5.41) is 8.95. The van der Waals surface area contributed by atoms with Gasteiger partial charge in [-0.25, -0.2) is 4.98 Å². The maximum atomic E-state index is 13.6. The number of aryl methyl sites for hydroxylation is 1. The van der Waals surface area contributed by atoms with Crippen LogP contribution in [-0.4, -0.2) is 35.5 Å². The Labute approximate surface area is 243 Å². The highest BCUT2D eigenvalue weighted by atomic mass is 16.2. The summed E-state index contributed by atoms with van der Waals surface area (Å²) in [6.07, 6.45) is 4.47. The molecule has 0 radical (unpaired) electrons. The van der Waals surface area contributed by atoms with Crippen molar-refractivity contribution in [2.24, 2.45) is 7.05 Å². The van der Waals surface area contributed by atoms with Gasteiger partial charge in [-0.15, -0.1) is 0 Å². The van der Waals surface area contributed by atoms with Gasteiger partial charge in [-0.3, -0.25) is 9.59 Å². The number of carbonyl (C=O) groups is 2. The van der Waals surface area contributed by atoms with Crippen LogP contribution in [0.5, 0.6) is 0 Å². The zero-order valence-corrected chi connectivity index (χ0v) is 25.1. The molecule has 0 fully saturated rings. The van der Waals surface area contributed by atoms with Crippen LogP contribution in [0.3, 0.4) is 0 Å². The number of benzene rings is 3. The molecule has 0 aliphatic carbocycles. The van der Waals surface area contributed by atoms with Gasteiger partial charge in [0.1, 0.15) is 5.82 Å². The Morgan fingerprint density at radius 2 is 1.51 bits per heavy atom. The molecule has 4 aromatic rings. The Morgan fingerprint density at radius 1 is 0.878 bits per heavy atom. The summed E-state index contributed by atoms with van der Waals surface area (Å²) >= 11 is 0. The third kappa shape index (κ3) is 7.31. The van der Waals surface area contributed by atoms with Gasteiger partial charge in [-0.2, -0.15) is 0 Å². The molecule has 2 amide bonds. The van der Waals surface area contributed by atoms with E-state index in [1.165, 1.54) is 0 Å². The van der Waals surface area contributed by atoms with Crippen LogP contribution in [-0.2, 0) is 18.4 Å². The number of anilines is 1. The van der Waals surface area contributed by atoms with Gasteiger partial charge >= 0.3 is 0 Å². The molecule has 0 unspecified atom stereocenters. The highest BCUT2D eigenvalue weighted by Crippen LogP contribution is 2.33. The lowest BCUT2D eigenvalue weighted by atomic mass is 9.93. The van der Waals surface area contributed by atoms with E-state index in [0.29, 0.717) is 17.7 Å². The van der Waals surface area contributed by atoms with Crippen molar-refractivity contribution in [3.63, 3.8) is 0 Å². The van der Waals surface area contributed by atoms with Crippen molar-refractivity contribution in [2.45, 2.75) is 40.7 Å². The van der Waals surface area contributed by atoms with Crippen molar-refractivity contribution in [3.05, 3.63) is 101 Å². The molecule has 3 N–H and O–H groups in total. The van der Waals surface area contributed by atoms with Crippen LogP contribution >= 0.6 is 0 Å². The van der Waals surface area contributed by atoms with E-state index in [-0.39, 0.29) is 11.8 Å². The fourth-order valence-corrected chi connectivity index (χ4v) is 4.52. The van der Waals surface area contributed by atoms with Crippen LogP contribution in [0, 0.1) is 0 Å². The number of amides is 2. The predicted molar refractivity (Wildman–Crippen MR) is 170 cm³/mol. The highest BCUT2D eigenvalue weighted by Gasteiger charge is 2.19. The van der Waals surface area contributed by atoms with Gasteiger partial charge in [0, 0.05) is 68.0 Å². The van der Waals surface area contributed by atoms with Gasteiger partial charge in [-0.1, -0.05) is 68.8 Å². The minimum absolute atomic E-state index is 0.136. The Hall–Kier alpha value is -4.65. The molecule has 41 heavy (non-hydrogen) atoms. The molecule has 0 atom stereocenters. The number of nitrogens with zero attached hydrogens (tertiary/aromatic N) is 2. The molecule has 0 aliphatic heterocycles.